The number of amides is 2. The van der Waals surface area contributed by atoms with Crippen LogP contribution in [0.1, 0.15) is 31.4 Å². The molecule has 0 unspecified atom stereocenters. The van der Waals surface area contributed by atoms with E-state index < -0.39 is 11.8 Å². The summed E-state index contributed by atoms with van der Waals surface area (Å²) in [7, 11) is 0. The molecular formula is C11H15N3O3. The Morgan fingerprint density at radius 2 is 2.06 bits per heavy atom. The van der Waals surface area contributed by atoms with Crippen molar-refractivity contribution in [2.75, 3.05) is 5.32 Å². The van der Waals surface area contributed by atoms with Crippen LogP contribution in [0.5, 0.6) is 0 Å². The second kappa shape index (κ2) is 4.99. The van der Waals surface area contributed by atoms with Crippen LogP contribution in [0.15, 0.2) is 10.6 Å². The normalized spacial score (nSPS) is 15.8. The topological polar surface area (TPSA) is 84.2 Å². The van der Waals surface area contributed by atoms with Gasteiger partial charge in [-0.15, -0.1) is 0 Å². The average molecular weight is 237 g/mol. The predicted molar refractivity (Wildman–Crippen MR) is 60.3 cm³/mol. The van der Waals surface area contributed by atoms with Gasteiger partial charge in [-0.2, -0.15) is 0 Å². The van der Waals surface area contributed by atoms with Crippen molar-refractivity contribution in [2.24, 2.45) is 0 Å². The van der Waals surface area contributed by atoms with E-state index in [0.717, 1.165) is 25.7 Å². The summed E-state index contributed by atoms with van der Waals surface area (Å²) in [6.45, 7) is 1.71. The number of aryl methyl sites for hydroxylation is 1. The number of rotatable bonds is 2. The van der Waals surface area contributed by atoms with E-state index in [2.05, 4.69) is 15.8 Å². The van der Waals surface area contributed by atoms with E-state index in [-0.39, 0.29) is 11.9 Å². The first-order chi connectivity index (χ1) is 8.15. The van der Waals surface area contributed by atoms with Gasteiger partial charge < -0.3 is 9.84 Å². The Morgan fingerprint density at radius 1 is 1.35 bits per heavy atom. The van der Waals surface area contributed by atoms with Gasteiger partial charge >= 0.3 is 11.8 Å². The molecule has 0 aliphatic heterocycles. The van der Waals surface area contributed by atoms with Gasteiger partial charge in [0.2, 0.25) is 0 Å². The van der Waals surface area contributed by atoms with Gasteiger partial charge in [-0.3, -0.25) is 14.9 Å². The molecule has 2 rings (SSSR count). The van der Waals surface area contributed by atoms with Crippen LogP contribution >= 0.6 is 0 Å². The number of hydrogen-bond donors (Lipinski definition) is 2. The average Bonchev–Trinajstić information content (AvgIpc) is 2.90. The molecule has 0 saturated heterocycles. The first-order valence-corrected chi connectivity index (χ1v) is 5.70. The lowest BCUT2D eigenvalue weighted by atomic mass is 10.2. The summed E-state index contributed by atoms with van der Waals surface area (Å²) < 4.78 is 4.78. The molecule has 6 heteroatoms. The summed E-state index contributed by atoms with van der Waals surface area (Å²) in [5.74, 6) is -0.478. The van der Waals surface area contributed by atoms with Crippen LogP contribution in [-0.4, -0.2) is 23.0 Å². The van der Waals surface area contributed by atoms with Crippen molar-refractivity contribution in [3.63, 3.8) is 0 Å². The van der Waals surface area contributed by atoms with Crippen LogP contribution in [0.25, 0.3) is 0 Å². The fourth-order valence-corrected chi connectivity index (χ4v) is 1.92. The summed E-state index contributed by atoms with van der Waals surface area (Å²) in [6, 6.07) is 1.69. The van der Waals surface area contributed by atoms with Crippen molar-refractivity contribution < 1.29 is 14.1 Å². The quantitative estimate of drug-likeness (QED) is 0.751. The van der Waals surface area contributed by atoms with Crippen LogP contribution in [0, 0.1) is 6.92 Å². The van der Waals surface area contributed by atoms with Crippen molar-refractivity contribution in [1.29, 1.82) is 0 Å². The van der Waals surface area contributed by atoms with Gasteiger partial charge in [-0.25, -0.2) is 0 Å². The standard InChI is InChI=1S/C11H15N3O3/c1-7-6-9(14-17-7)13-11(16)10(15)12-8-4-2-3-5-8/h6,8H,2-5H2,1H3,(H,12,15)(H,13,14,16). The minimum atomic E-state index is -0.704. The molecule has 2 N–H and O–H groups in total. The lowest BCUT2D eigenvalue weighted by Gasteiger charge is -2.10. The second-order valence-electron chi connectivity index (χ2n) is 4.23. The molecule has 0 bridgehead atoms. The molecule has 2 amide bonds. The fraction of sp³-hybridized carbons (Fsp3) is 0.545. The monoisotopic (exact) mass is 237 g/mol. The molecule has 1 aromatic rings. The van der Waals surface area contributed by atoms with Crippen molar-refractivity contribution in [3.05, 3.63) is 11.8 Å². The minimum absolute atomic E-state index is 0.132. The molecule has 0 aromatic carbocycles. The van der Waals surface area contributed by atoms with E-state index >= 15 is 0 Å². The first kappa shape index (κ1) is 11.6. The Labute approximate surface area is 98.7 Å². The number of carbonyl (C=O) groups excluding carboxylic acids is 2. The maximum Gasteiger partial charge on any atom is 0.314 e. The summed E-state index contributed by atoms with van der Waals surface area (Å²) in [5.41, 5.74) is 0. The largest absolute Gasteiger partial charge is 0.360 e. The zero-order valence-corrected chi connectivity index (χ0v) is 9.66. The van der Waals surface area contributed by atoms with E-state index in [1.807, 2.05) is 0 Å². The molecule has 6 nitrogen and oxygen atoms in total. The highest BCUT2D eigenvalue weighted by atomic mass is 16.5. The Kier molecular flexibility index (Phi) is 3.41. The van der Waals surface area contributed by atoms with Gasteiger partial charge in [0.25, 0.3) is 0 Å². The lowest BCUT2D eigenvalue weighted by molar-refractivity contribution is -0.136. The molecule has 92 valence electrons. The van der Waals surface area contributed by atoms with Gasteiger partial charge in [-0.05, 0) is 19.8 Å². The minimum Gasteiger partial charge on any atom is -0.360 e. The van der Waals surface area contributed by atoms with E-state index in [4.69, 9.17) is 4.52 Å². The second-order valence-corrected chi connectivity index (χ2v) is 4.23. The number of hydrogen-bond acceptors (Lipinski definition) is 4. The number of anilines is 1. The Bertz CT molecular complexity index is 421. The molecule has 17 heavy (non-hydrogen) atoms. The molecule has 1 heterocycles. The SMILES string of the molecule is Cc1cc(NC(=O)C(=O)NC2CCCC2)no1. The molecule has 0 radical (unpaired) electrons. The van der Waals surface area contributed by atoms with Crippen LogP contribution < -0.4 is 10.6 Å². The van der Waals surface area contributed by atoms with Gasteiger partial charge in [0.15, 0.2) is 5.82 Å². The van der Waals surface area contributed by atoms with Crippen molar-refractivity contribution >= 4 is 17.6 Å². The highest BCUT2D eigenvalue weighted by Crippen LogP contribution is 2.17. The van der Waals surface area contributed by atoms with Gasteiger partial charge in [0, 0.05) is 12.1 Å². The van der Waals surface area contributed by atoms with E-state index in [1.54, 1.807) is 13.0 Å². The molecule has 0 atom stereocenters. The Hall–Kier alpha value is -1.85. The van der Waals surface area contributed by atoms with Crippen LogP contribution in [0.2, 0.25) is 0 Å². The number of nitrogens with one attached hydrogen (secondary N) is 2. The zero-order valence-electron chi connectivity index (χ0n) is 9.66. The summed E-state index contributed by atoms with van der Waals surface area (Å²) in [6.07, 6.45) is 4.11. The van der Waals surface area contributed by atoms with Crippen LogP contribution in [0.3, 0.4) is 0 Å². The van der Waals surface area contributed by atoms with Crippen LogP contribution in [0.4, 0.5) is 5.82 Å². The smallest absolute Gasteiger partial charge is 0.314 e. The molecule has 1 saturated carbocycles. The fourth-order valence-electron chi connectivity index (χ4n) is 1.92. The van der Waals surface area contributed by atoms with Gasteiger partial charge in [-0.1, -0.05) is 18.0 Å². The van der Waals surface area contributed by atoms with E-state index in [1.165, 1.54) is 0 Å². The number of aromatic nitrogens is 1. The highest BCUT2D eigenvalue weighted by Gasteiger charge is 2.21. The third-order valence-corrected chi connectivity index (χ3v) is 2.77. The maximum atomic E-state index is 11.5. The first-order valence-electron chi connectivity index (χ1n) is 5.70. The lowest BCUT2D eigenvalue weighted by Crippen LogP contribution is -2.40. The van der Waals surface area contributed by atoms with Crippen molar-refractivity contribution in [3.8, 4) is 0 Å². The molecule has 1 aliphatic rings. The third kappa shape index (κ3) is 3.05. The summed E-state index contributed by atoms with van der Waals surface area (Å²) >= 11 is 0. The maximum absolute atomic E-state index is 11.5. The molecule has 1 aromatic heterocycles. The molecular weight excluding hydrogens is 222 g/mol. The summed E-state index contributed by atoms with van der Waals surface area (Å²) in [4.78, 5) is 23.0. The van der Waals surface area contributed by atoms with Gasteiger partial charge in [0.1, 0.15) is 5.76 Å². The Morgan fingerprint density at radius 3 is 2.65 bits per heavy atom. The van der Waals surface area contributed by atoms with Gasteiger partial charge in [0.05, 0.1) is 0 Å². The molecule has 1 aliphatic carbocycles. The number of nitrogens with zero attached hydrogens (tertiary/aromatic N) is 1. The van der Waals surface area contributed by atoms with Crippen LogP contribution in [-0.2, 0) is 9.59 Å². The third-order valence-electron chi connectivity index (χ3n) is 2.77. The molecule has 0 spiro atoms. The number of carbonyl (C=O) groups is 2. The zero-order chi connectivity index (χ0) is 12.3. The highest BCUT2D eigenvalue weighted by molar-refractivity contribution is 6.39. The van der Waals surface area contributed by atoms with Crippen molar-refractivity contribution in [2.45, 2.75) is 38.6 Å². The summed E-state index contributed by atoms with van der Waals surface area (Å²) in [5, 5.41) is 8.66. The van der Waals surface area contributed by atoms with E-state index in [0.29, 0.717) is 5.76 Å². The molecule has 1 fully saturated rings. The predicted octanol–water partition coefficient (Wildman–Crippen LogP) is 0.980. The Balaban J connectivity index is 1.84. The van der Waals surface area contributed by atoms with Crippen molar-refractivity contribution in [1.82, 2.24) is 10.5 Å². The van der Waals surface area contributed by atoms with E-state index in [9.17, 15) is 9.59 Å².